The normalized spacial score (nSPS) is 14.8. The van der Waals surface area contributed by atoms with Crippen molar-refractivity contribution in [2.45, 2.75) is 31.9 Å². The van der Waals surface area contributed by atoms with E-state index in [1.165, 1.54) is 0 Å². The third-order valence-electron chi connectivity index (χ3n) is 5.29. The number of carbonyl (C=O) groups excluding carboxylic acids is 1. The standard InChI is InChI=1S/C24H27N5O4/c30-22(7-4-10-25-24-26-11-12-27-24)28-18-8-9-21-20(13-18)29(15-17-5-2-1-3-6-17)16-19(33-21)14-23(31)32/h1-3,5-6,8-9,11-13,19H,4,7,10,14-16H2,(H,28,30)(H,31,32)(H2,25,26,27). The molecule has 172 valence electrons. The van der Waals surface area contributed by atoms with Crippen molar-refractivity contribution in [3.05, 3.63) is 66.5 Å². The number of imidazole rings is 1. The van der Waals surface area contributed by atoms with Gasteiger partial charge < -0.3 is 30.4 Å². The third-order valence-corrected chi connectivity index (χ3v) is 5.29. The summed E-state index contributed by atoms with van der Waals surface area (Å²) in [7, 11) is 0. The molecule has 4 N–H and O–H groups in total. The molecule has 4 rings (SSSR count). The molecule has 0 aliphatic carbocycles. The van der Waals surface area contributed by atoms with Crippen LogP contribution < -0.4 is 20.3 Å². The smallest absolute Gasteiger partial charge is 0.307 e. The number of fused-ring (bicyclic) bond motifs is 1. The summed E-state index contributed by atoms with van der Waals surface area (Å²) in [5, 5.41) is 15.3. The van der Waals surface area contributed by atoms with Gasteiger partial charge in [-0.3, -0.25) is 9.59 Å². The van der Waals surface area contributed by atoms with Crippen molar-refractivity contribution in [1.29, 1.82) is 0 Å². The molecule has 0 saturated carbocycles. The van der Waals surface area contributed by atoms with Crippen LogP contribution in [-0.4, -0.2) is 46.1 Å². The quantitative estimate of drug-likeness (QED) is 0.350. The number of anilines is 3. The minimum absolute atomic E-state index is 0.0741. The Kier molecular flexibility index (Phi) is 7.09. The predicted octanol–water partition coefficient (Wildman–Crippen LogP) is 3.48. The summed E-state index contributed by atoms with van der Waals surface area (Å²) in [6.45, 7) is 1.70. The molecule has 1 aromatic heterocycles. The maximum atomic E-state index is 12.4. The van der Waals surface area contributed by atoms with E-state index in [4.69, 9.17) is 4.74 Å². The zero-order chi connectivity index (χ0) is 23.0. The largest absolute Gasteiger partial charge is 0.486 e. The molecule has 0 fully saturated rings. The van der Waals surface area contributed by atoms with Crippen LogP contribution in [0.25, 0.3) is 0 Å². The van der Waals surface area contributed by atoms with Crippen LogP contribution in [0, 0.1) is 0 Å². The second-order valence-electron chi connectivity index (χ2n) is 7.90. The van der Waals surface area contributed by atoms with Crippen molar-refractivity contribution in [3.63, 3.8) is 0 Å². The second kappa shape index (κ2) is 10.5. The van der Waals surface area contributed by atoms with Gasteiger partial charge in [-0.2, -0.15) is 0 Å². The minimum Gasteiger partial charge on any atom is -0.486 e. The Morgan fingerprint density at radius 3 is 2.82 bits per heavy atom. The first-order chi connectivity index (χ1) is 16.1. The van der Waals surface area contributed by atoms with Gasteiger partial charge in [-0.15, -0.1) is 0 Å². The van der Waals surface area contributed by atoms with E-state index in [-0.39, 0.29) is 12.3 Å². The topological polar surface area (TPSA) is 120 Å². The number of carboxylic acids is 1. The molecule has 1 atom stereocenters. The van der Waals surface area contributed by atoms with E-state index in [2.05, 4.69) is 25.5 Å². The van der Waals surface area contributed by atoms with Gasteiger partial charge in [-0.05, 0) is 30.2 Å². The van der Waals surface area contributed by atoms with E-state index in [0.29, 0.717) is 49.9 Å². The number of rotatable bonds is 10. The number of ether oxygens (including phenoxy) is 1. The molecule has 1 aliphatic heterocycles. The summed E-state index contributed by atoms with van der Waals surface area (Å²) >= 11 is 0. The van der Waals surface area contributed by atoms with E-state index in [1.54, 1.807) is 24.5 Å². The highest BCUT2D eigenvalue weighted by Gasteiger charge is 2.28. The van der Waals surface area contributed by atoms with Crippen LogP contribution in [0.15, 0.2) is 60.9 Å². The van der Waals surface area contributed by atoms with E-state index < -0.39 is 12.1 Å². The predicted molar refractivity (Wildman–Crippen MR) is 126 cm³/mol. The number of aromatic amines is 1. The molecular weight excluding hydrogens is 422 g/mol. The summed E-state index contributed by atoms with van der Waals surface area (Å²) in [5.74, 6) is 0.328. The highest BCUT2D eigenvalue weighted by atomic mass is 16.5. The number of amides is 1. The molecule has 2 heterocycles. The summed E-state index contributed by atoms with van der Waals surface area (Å²) in [6.07, 6.45) is 3.92. The second-order valence-corrected chi connectivity index (χ2v) is 7.90. The van der Waals surface area contributed by atoms with Crippen LogP contribution in [0.3, 0.4) is 0 Å². The Bertz CT molecular complexity index is 1070. The molecule has 1 aliphatic rings. The highest BCUT2D eigenvalue weighted by molar-refractivity contribution is 5.91. The van der Waals surface area contributed by atoms with Crippen LogP contribution in [0.4, 0.5) is 17.3 Å². The molecule has 1 unspecified atom stereocenters. The van der Waals surface area contributed by atoms with Gasteiger partial charge in [0.05, 0.1) is 18.7 Å². The first-order valence-electron chi connectivity index (χ1n) is 10.9. The van der Waals surface area contributed by atoms with E-state index in [0.717, 1.165) is 11.3 Å². The Morgan fingerprint density at radius 2 is 2.06 bits per heavy atom. The summed E-state index contributed by atoms with van der Waals surface area (Å²) in [6, 6.07) is 15.4. The summed E-state index contributed by atoms with van der Waals surface area (Å²) in [4.78, 5) is 32.8. The number of aliphatic carboxylic acids is 1. The van der Waals surface area contributed by atoms with E-state index in [9.17, 15) is 14.7 Å². The Morgan fingerprint density at radius 1 is 1.21 bits per heavy atom. The monoisotopic (exact) mass is 449 g/mol. The van der Waals surface area contributed by atoms with Crippen molar-refractivity contribution in [3.8, 4) is 5.75 Å². The molecular formula is C24H27N5O4. The lowest BCUT2D eigenvalue weighted by atomic mass is 10.1. The van der Waals surface area contributed by atoms with Crippen LogP contribution in [0.5, 0.6) is 5.75 Å². The number of carboxylic acid groups (broad SMARTS) is 1. The van der Waals surface area contributed by atoms with Crippen molar-refractivity contribution in [2.75, 3.05) is 28.6 Å². The van der Waals surface area contributed by atoms with Gasteiger partial charge >= 0.3 is 5.97 Å². The number of hydrogen-bond donors (Lipinski definition) is 4. The first kappa shape index (κ1) is 22.2. The molecule has 33 heavy (non-hydrogen) atoms. The lowest BCUT2D eigenvalue weighted by Crippen LogP contribution is -2.40. The van der Waals surface area contributed by atoms with Gasteiger partial charge in [0.1, 0.15) is 11.9 Å². The first-order valence-corrected chi connectivity index (χ1v) is 10.9. The van der Waals surface area contributed by atoms with Crippen LogP contribution in [0.1, 0.15) is 24.8 Å². The van der Waals surface area contributed by atoms with Gasteiger partial charge in [0, 0.05) is 37.6 Å². The molecule has 0 bridgehead atoms. The zero-order valence-corrected chi connectivity index (χ0v) is 18.2. The molecule has 0 saturated heterocycles. The Balaban J connectivity index is 1.41. The molecule has 9 nitrogen and oxygen atoms in total. The van der Waals surface area contributed by atoms with Crippen molar-refractivity contribution < 1.29 is 19.4 Å². The van der Waals surface area contributed by atoms with Crippen molar-refractivity contribution in [2.24, 2.45) is 0 Å². The summed E-state index contributed by atoms with van der Waals surface area (Å²) < 4.78 is 5.93. The summed E-state index contributed by atoms with van der Waals surface area (Å²) in [5.41, 5.74) is 2.62. The molecule has 3 aromatic rings. The van der Waals surface area contributed by atoms with E-state index >= 15 is 0 Å². The molecule has 9 heteroatoms. The fourth-order valence-electron chi connectivity index (χ4n) is 3.80. The van der Waals surface area contributed by atoms with Crippen molar-refractivity contribution in [1.82, 2.24) is 9.97 Å². The molecule has 0 spiro atoms. The SMILES string of the molecule is O=C(O)CC1CN(Cc2ccccc2)c2cc(NC(=O)CCCNc3ncc[nH]3)ccc2O1. The number of H-pyrrole nitrogens is 1. The van der Waals surface area contributed by atoms with E-state index in [1.807, 2.05) is 36.4 Å². The fourth-order valence-corrected chi connectivity index (χ4v) is 3.80. The van der Waals surface area contributed by atoms with Crippen LogP contribution in [0.2, 0.25) is 0 Å². The maximum absolute atomic E-state index is 12.4. The number of nitrogens with one attached hydrogen (secondary N) is 3. The number of benzene rings is 2. The van der Waals surface area contributed by atoms with Crippen LogP contribution in [-0.2, 0) is 16.1 Å². The lowest BCUT2D eigenvalue weighted by Gasteiger charge is -2.36. The number of nitrogens with zero attached hydrogens (tertiary/aromatic N) is 2. The zero-order valence-electron chi connectivity index (χ0n) is 18.2. The highest BCUT2D eigenvalue weighted by Crippen LogP contribution is 2.37. The average Bonchev–Trinajstić information content (AvgIpc) is 3.31. The average molecular weight is 450 g/mol. The minimum atomic E-state index is -0.895. The van der Waals surface area contributed by atoms with Gasteiger partial charge in [-0.25, -0.2) is 4.98 Å². The van der Waals surface area contributed by atoms with Crippen LogP contribution >= 0.6 is 0 Å². The van der Waals surface area contributed by atoms with Gasteiger partial charge in [-0.1, -0.05) is 30.3 Å². The lowest BCUT2D eigenvalue weighted by molar-refractivity contribution is -0.138. The molecule has 0 radical (unpaired) electrons. The van der Waals surface area contributed by atoms with Gasteiger partial charge in [0.2, 0.25) is 5.91 Å². The number of hydrogen-bond acceptors (Lipinski definition) is 6. The van der Waals surface area contributed by atoms with Gasteiger partial charge in [0.25, 0.3) is 0 Å². The third kappa shape index (κ3) is 6.25. The molecule has 1 amide bonds. The number of aromatic nitrogens is 2. The number of carbonyl (C=O) groups is 2. The van der Waals surface area contributed by atoms with Crippen molar-refractivity contribution >= 4 is 29.2 Å². The Hall–Kier alpha value is -4.01. The Labute approximate surface area is 191 Å². The fraction of sp³-hybridized carbons (Fsp3) is 0.292. The van der Waals surface area contributed by atoms with Gasteiger partial charge in [0.15, 0.2) is 5.95 Å². The maximum Gasteiger partial charge on any atom is 0.307 e. The molecule has 2 aromatic carbocycles.